The molecule has 0 saturated carbocycles. The van der Waals surface area contributed by atoms with Crippen molar-refractivity contribution in [1.29, 1.82) is 0 Å². The predicted molar refractivity (Wildman–Crippen MR) is 299 cm³/mol. The van der Waals surface area contributed by atoms with Crippen LogP contribution in [0.3, 0.4) is 0 Å². The Morgan fingerprint density at radius 2 is 0.753 bits per heavy atom. The van der Waals surface area contributed by atoms with E-state index in [-0.39, 0.29) is 35.1 Å². The van der Waals surface area contributed by atoms with Crippen molar-refractivity contribution in [2.75, 3.05) is 27.4 Å². The second kappa shape index (κ2) is 26.8. The number of halogens is 14. The van der Waals surface area contributed by atoms with Gasteiger partial charge < -0.3 is 14.2 Å². The molecule has 448 valence electrons. The highest BCUT2D eigenvalue weighted by molar-refractivity contribution is 5.66. The lowest BCUT2D eigenvalue weighted by molar-refractivity contribution is -0.179. The third kappa shape index (κ3) is 14.6. The van der Waals surface area contributed by atoms with Gasteiger partial charge in [0.15, 0.2) is 0 Å². The van der Waals surface area contributed by atoms with Crippen LogP contribution in [0, 0.1) is 35.1 Å². The fourth-order valence-electron chi connectivity index (χ4n) is 10.5. The van der Waals surface area contributed by atoms with E-state index in [1.165, 1.54) is 48.5 Å². The summed E-state index contributed by atoms with van der Waals surface area (Å²) in [5.41, 5.74) is -3.42. The molecule has 0 fully saturated rings. The zero-order valence-corrected chi connectivity index (χ0v) is 46.8. The fourth-order valence-corrected chi connectivity index (χ4v) is 10.5. The summed E-state index contributed by atoms with van der Waals surface area (Å²) in [4.78, 5) is 0. The maximum absolute atomic E-state index is 18.0. The van der Waals surface area contributed by atoms with E-state index in [0.29, 0.717) is 59.4 Å². The number of methoxy groups -OCH3 is 2. The van der Waals surface area contributed by atoms with Crippen LogP contribution in [0.2, 0.25) is 0 Å². The van der Waals surface area contributed by atoms with Crippen molar-refractivity contribution in [2.45, 2.75) is 89.4 Å². The number of ether oxygens (including phenoxy) is 3. The smallest absolute Gasteiger partial charge is 0.392 e. The van der Waals surface area contributed by atoms with Gasteiger partial charge in [-0.1, -0.05) is 147 Å². The quantitative estimate of drug-likeness (QED) is 0.0565. The molecule has 0 saturated heterocycles. The zero-order valence-electron chi connectivity index (χ0n) is 46.8. The van der Waals surface area contributed by atoms with Gasteiger partial charge in [0.1, 0.15) is 45.9 Å². The molecule has 0 heterocycles. The van der Waals surface area contributed by atoms with E-state index in [2.05, 4.69) is 0 Å². The van der Waals surface area contributed by atoms with Crippen LogP contribution in [0.25, 0.3) is 22.3 Å². The third-order valence-electron chi connectivity index (χ3n) is 15.3. The van der Waals surface area contributed by atoms with Gasteiger partial charge in [-0.2, -0.15) is 43.9 Å². The first-order chi connectivity index (χ1) is 40.4. The average molecular weight is 1190 g/mol. The Hall–Kier alpha value is -7.50. The first-order valence-corrected chi connectivity index (χ1v) is 27.5. The molecule has 0 bridgehead atoms. The molecule has 0 spiro atoms. The van der Waals surface area contributed by atoms with Gasteiger partial charge >= 0.3 is 24.2 Å². The lowest BCUT2D eigenvalue weighted by Crippen LogP contribution is -2.28. The normalized spacial score (nSPS) is 13.1. The van der Waals surface area contributed by atoms with Gasteiger partial charge in [0.25, 0.3) is 0 Å². The van der Waals surface area contributed by atoms with Crippen molar-refractivity contribution < 1.29 is 75.7 Å². The molecule has 2 unspecified atom stereocenters. The maximum Gasteiger partial charge on any atom is 0.392 e. The molecule has 3 nitrogen and oxygen atoms in total. The van der Waals surface area contributed by atoms with E-state index >= 15 is 35.1 Å². The van der Waals surface area contributed by atoms with Crippen LogP contribution in [0.15, 0.2) is 158 Å². The first-order valence-electron chi connectivity index (χ1n) is 27.5. The molecular weight excluding hydrogens is 1130 g/mol. The Morgan fingerprint density at radius 1 is 0.400 bits per heavy atom. The molecule has 17 heteroatoms. The Balaban J connectivity index is 1.26. The van der Waals surface area contributed by atoms with Gasteiger partial charge in [0.05, 0.1) is 11.8 Å². The Kier molecular flexibility index (Phi) is 20.0. The Bertz CT molecular complexity index is 3340. The largest absolute Gasteiger partial charge is 0.456 e. The minimum atomic E-state index is -5.00. The van der Waals surface area contributed by atoms with Crippen molar-refractivity contribution in [3.05, 3.63) is 248 Å². The lowest BCUT2D eigenvalue weighted by Gasteiger charge is -2.28. The van der Waals surface area contributed by atoms with E-state index in [9.17, 15) is 26.3 Å². The molecule has 8 aromatic rings. The maximum atomic E-state index is 18.0. The van der Waals surface area contributed by atoms with Crippen molar-refractivity contribution in [1.82, 2.24) is 0 Å². The molecule has 0 amide bonds. The summed E-state index contributed by atoms with van der Waals surface area (Å²) in [6, 6.07) is 34.4. The van der Waals surface area contributed by atoms with Gasteiger partial charge in [-0.25, -0.2) is 17.6 Å². The van der Waals surface area contributed by atoms with Gasteiger partial charge in [0.2, 0.25) is 0 Å². The highest BCUT2D eigenvalue weighted by atomic mass is 19.4. The minimum Gasteiger partial charge on any atom is -0.456 e. The summed E-state index contributed by atoms with van der Waals surface area (Å²) in [7, 11) is 2.26. The van der Waals surface area contributed by atoms with Gasteiger partial charge in [0, 0.05) is 49.7 Å². The predicted octanol–water partition coefficient (Wildman–Crippen LogP) is 19.5. The highest BCUT2D eigenvalue weighted by Crippen LogP contribution is 2.51. The van der Waals surface area contributed by atoms with E-state index in [1.54, 1.807) is 72.8 Å². The van der Waals surface area contributed by atoms with Crippen molar-refractivity contribution in [3.63, 3.8) is 0 Å². The summed E-state index contributed by atoms with van der Waals surface area (Å²) in [5, 5.41) is 0. The van der Waals surface area contributed by atoms with Crippen molar-refractivity contribution in [3.8, 4) is 33.8 Å². The Morgan fingerprint density at radius 3 is 1.08 bits per heavy atom. The molecule has 8 aromatic carbocycles. The standard InChI is InChI=1S/C68H60F14O3/c1-5-41-19-27-53(57(69)37-41)45-21-15-43(16-22-45)35-47-11-7-9-13-55(47)65(73,74)61-59(29-25-49(63(61)71)39-51(31-33-83-3)67(77,78)79)85-60-30-26-50(40-52(32-34-84-4)68(80,81)82)64(72)62(60)66(75,76)56-14-10-8-12-48(56)36-44-17-23-46(24-18-44)54-28-20-42(6-2)38-58(54)70/h7-30,37-38,51-52H,5-6,31-36,39-40H2,1-4H3. The molecular formula is C68H60F14O3. The van der Waals surface area contributed by atoms with Crippen LogP contribution in [0.5, 0.6) is 11.5 Å². The van der Waals surface area contributed by atoms with Gasteiger partial charge in [-0.3, -0.25) is 0 Å². The first kappa shape index (κ1) is 63.5. The molecule has 0 aliphatic rings. The summed E-state index contributed by atoms with van der Waals surface area (Å²) in [6.07, 6.45) is -13.2. The number of hydrogen-bond donors (Lipinski definition) is 0. The summed E-state index contributed by atoms with van der Waals surface area (Å²) < 4.78 is 240. The number of alkyl halides is 10. The second-order valence-corrected chi connectivity index (χ2v) is 20.9. The number of aryl methyl sites for hydroxylation is 2. The van der Waals surface area contributed by atoms with Crippen molar-refractivity contribution >= 4 is 0 Å². The lowest BCUT2D eigenvalue weighted by atomic mass is 9.88. The van der Waals surface area contributed by atoms with Crippen LogP contribution in [0.4, 0.5) is 61.5 Å². The number of benzene rings is 8. The molecule has 0 aliphatic heterocycles. The fraction of sp³-hybridized carbons (Fsp3) is 0.294. The number of rotatable bonds is 24. The SMILES string of the molecule is CCc1ccc(-c2ccc(Cc3ccccc3C(F)(F)c3c(Oc4ccc(CC(CCOC)C(F)(F)F)c(F)c4C(F)(F)c4ccccc4Cc4ccc(-c5ccc(CC)cc5F)cc4)ccc(CC(CCOC)C(F)(F)F)c3F)cc2)c(F)c1. The average Bonchev–Trinajstić information content (AvgIpc) is 0.966. The molecule has 0 radical (unpaired) electrons. The van der Waals surface area contributed by atoms with E-state index < -0.39 is 143 Å². The minimum absolute atomic E-state index is 0.137. The van der Waals surface area contributed by atoms with Crippen LogP contribution in [-0.4, -0.2) is 39.8 Å². The monoisotopic (exact) mass is 1190 g/mol. The summed E-state index contributed by atoms with van der Waals surface area (Å²) >= 11 is 0. The summed E-state index contributed by atoms with van der Waals surface area (Å²) in [6.45, 7) is 2.83. The molecule has 85 heavy (non-hydrogen) atoms. The topological polar surface area (TPSA) is 27.7 Å². The van der Waals surface area contributed by atoms with E-state index in [0.717, 1.165) is 37.5 Å². The molecule has 2 atom stereocenters. The van der Waals surface area contributed by atoms with E-state index in [4.69, 9.17) is 14.2 Å². The molecule has 0 N–H and O–H groups in total. The summed E-state index contributed by atoms with van der Waals surface area (Å²) in [5.74, 6) is -21.1. The van der Waals surface area contributed by atoms with Crippen LogP contribution in [-0.2, 0) is 59.8 Å². The molecule has 0 aromatic heterocycles. The second-order valence-electron chi connectivity index (χ2n) is 20.9. The van der Waals surface area contributed by atoms with Gasteiger partial charge in [-0.15, -0.1) is 0 Å². The zero-order chi connectivity index (χ0) is 61.4. The molecule has 8 rings (SSSR count). The third-order valence-corrected chi connectivity index (χ3v) is 15.3. The van der Waals surface area contributed by atoms with Crippen LogP contribution in [0.1, 0.15) is 93.5 Å². The molecule has 0 aliphatic carbocycles. The van der Waals surface area contributed by atoms with Crippen LogP contribution < -0.4 is 4.74 Å². The van der Waals surface area contributed by atoms with Crippen LogP contribution >= 0.6 is 0 Å². The van der Waals surface area contributed by atoms with Gasteiger partial charge in [-0.05, 0) is 131 Å². The van der Waals surface area contributed by atoms with E-state index in [1.807, 2.05) is 13.8 Å². The van der Waals surface area contributed by atoms with Crippen molar-refractivity contribution in [2.24, 2.45) is 11.8 Å². The highest BCUT2D eigenvalue weighted by Gasteiger charge is 2.48. The Labute approximate surface area is 484 Å². The number of hydrogen-bond acceptors (Lipinski definition) is 3.